The Hall–Kier alpha value is -0.860. The molecule has 21 heavy (non-hydrogen) atoms. The highest BCUT2D eigenvalue weighted by molar-refractivity contribution is 5.19. The average Bonchev–Trinajstić information content (AvgIpc) is 2.47. The molecule has 0 saturated heterocycles. The number of nitrogens with two attached hydrogens (primary N) is 1. The molecule has 0 saturated carbocycles. The van der Waals surface area contributed by atoms with E-state index in [9.17, 15) is 0 Å². The van der Waals surface area contributed by atoms with Crippen molar-refractivity contribution in [1.29, 1.82) is 0 Å². The second kappa shape index (κ2) is 9.22. The molecule has 0 aromatic heterocycles. The van der Waals surface area contributed by atoms with Gasteiger partial charge in [-0.1, -0.05) is 65.0 Å². The second-order valence-electron chi connectivity index (χ2n) is 6.73. The van der Waals surface area contributed by atoms with Gasteiger partial charge in [-0.2, -0.15) is 0 Å². The lowest BCUT2D eigenvalue weighted by molar-refractivity contribution is 0.136. The number of nitrogens with zero attached hydrogens (tertiary/aromatic N) is 1. The lowest BCUT2D eigenvalue weighted by Crippen LogP contribution is -2.42. The van der Waals surface area contributed by atoms with Crippen LogP contribution in [0, 0.1) is 11.8 Å². The van der Waals surface area contributed by atoms with Crippen LogP contribution >= 0.6 is 0 Å². The first kappa shape index (κ1) is 18.2. The quantitative estimate of drug-likeness (QED) is 0.727. The lowest BCUT2D eigenvalue weighted by atomic mass is 9.93. The third-order valence-electron chi connectivity index (χ3n) is 4.38. The maximum absolute atomic E-state index is 6.47. The van der Waals surface area contributed by atoms with E-state index >= 15 is 0 Å². The molecule has 0 aliphatic carbocycles. The van der Waals surface area contributed by atoms with E-state index in [4.69, 9.17) is 5.73 Å². The monoisotopic (exact) mass is 290 g/mol. The van der Waals surface area contributed by atoms with Crippen LogP contribution in [0.25, 0.3) is 0 Å². The number of hydrogen-bond donors (Lipinski definition) is 1. The third kappa shape index (κ3) is 5.80. The molecule has 1 rings (SSSR count). The Kier molecular flexibility index (Phi) is 7.98. The first-order chi connectivity index (χ1) is 9.99. The molecule has 0 radical (unpaired) electrons. The van der Waals surface area contributed by atoms with Crippen molar-refractivity contribution < 1.29 is 0 Å². The zero-order chi connectivity index (χ0) is 15.8. The first-order valence-electron chi connectivity index (χ1n) is 8.54. The molecule has 0 fully saturated rings. The molecular weight excluding hydrogens is 256 g/mol. The van der Waals surface area contributed by atoms with Crippen molar-refractivity contribution in [2.75, 3.05) is 13.1 Å². The largest absolute Gasteiger partial charge is 0.324 e. The van der Waals surface area contributed by atoms with Gasteiger partial charge in [0.05, 0.1) is 0 Å². The van der Waals surface area contributed by atoms with Crippen LogP contribution in [0.5, 0.6) is 0 Å². The number of benzene rings is 1. The van der Waals surface area contributed by atoms with Crippen molar-refractivity contribution in [2.24, 2.45) is 17.6 Å². The summed E-state index contributed by atoms with van der Waals surface area (Å²) in [6.07, 6.45) is 2.44. The summed E-state index contributed by atoms with van der Waals surface area (Å²) in [5, 5.41) is 0. The van der Waals surface area contributed by atoms with Crippen LogP contribution in [-0.2, 0) is 0 Å². The van der Waals surface area contributed by atoms with Crippen molar-refractivity contribution in [3.05, 3.63) is 35.9 Å². The zero-order valence-electron chi connectivity index (χ0n) is 14.5. The van der Waals surface area contributed by atoms with E-state index in [1.165, 1.54) is 18.4 Å². The third-order valence-corrected chi connectivity index (χ3v) is 4.38. The van der Waals surface area contributed by atoms with Gasteiger partial charge in [-0.3, -0.25) is 4.90 Å². The zero-order valence-corrected chi connectivity index (χ0v) is 14.5. The van der Waals surface area contributed by atoms with Crippen LogP contribution in [0.15, 0.2) is 30.3 Å². The van der Waals surface area contributed by atoms with Crippen molar-refractivity contribution in [3.8, 4) is 0 Å². The van der Waals surface area contributed by atoms with Gasteiger partial charge in [0.1, 0.15) is 0 Å². The van der Waals surface area contributed by atoms with Crippen LogP contribution in [-0.4, -0.2) is 24.0 Å². The van der Waals surface area contributed by atoms with E-state index in [-0.39, 0.29) is 6.04 Å². The summed E-state index contributed by atoms with van der Waals surface area (Å²) in [5.74, 6) is 1.16. The normalized spacial score (nSPS) is 14.9. The van der Waals surface area contributed by atoms with E-state index in [2.05, 4.69) is 69.9 Å². The van der Waals surface area contributed by atoms with Gasteiger partial charge in [0.2, 0.25) is 0 Å². The molecule has 2 unspecified atom stereocenters. The van der Waals surface area contributed by atoms with Gasteiger partial charge < -0.3 is 5.73 Å². The van der Waals surface area contributed by atoms with E-state index in [1.807, 2.05) is 0 Å². The molecule has 2 nitrogen and oxygen atoms in total. The molecule has 120 valence electrons. The summed E-state index contributed by atoms with van der Waals surface area (Å²) in [6, 6.07) is 11.3. The Labute approximate surface area is 131 Å². The van der Waals surface area contributed by atoms with Gasteiger partial charge in [0.25, 0.3) is 0 Å². The van der Waals surface area contributed by atoms with Crippen LogP contribution in [0.3, 0.4) is 0 Å². The predicted molar refractivity (Wildman–Crippen MR) is 93.3 cm³/mol. The summed E-state index contributed by atoms with van der Waals surface area (Å²) in [6.45, 7) is 13.7. The fraction of sp³-hybridized carbons (Fsp3) is 0.684. The van der Waals surface area contributed by atoms with Crippen molar-refractivity contribution >= 4 is 0 Å². The maximum atomic E-state index is 6.47. The molecule has 0 aliphatic heterocycles. The van der Waals surface area contributed by atoms with Crippen LogP contribution in [0.4, 0.5) is 0 Å². The Balaban J connectivity index is 2.72. The van der Waals surface area contributed by atoms with Crippen LogP contribution in [0.1, 0.15) is 59.1 Å². The standard InChI is InChI=1S/C19H34N2/c1-6-18(7-2)21(13-15(3)4)14-16(5)19(20)17-11-9-8-10-12-17/h8-12,15-16,18-19H,6-7,13-14,20H2,1-5H3. The van der Waals surface area contributed by atoms with Crippen molar-refractivity contribution in [3.63, 3.8) is 0 Å². The second-order valence-corrected chi connectivity index (χ2v) is 6.73. The lowest BCUT2D eigenvalue weighted by Gasteiger charge is -2.35. The van der Waals surface area contributed by atoms with Gasteiger partial charge >= 0.3 is 0 Å². The van der Waals surface area contributed by atoms with Gasteiger partial charge in [-0.25, -0.2) is 0 Å². The molecule has 1 aromatic rings. The van der Waals surface area contributed by atoms with E-state index < -0.39 is 0 Å². The van der Waals surface area contributed by atoms with Gasteiger partial charge in [-0.05, 0) is 30.2 Å². The molecule has 0 heterocycles. The molecular formula is C19H34N2. The Bertz CT molecular complexity index is 370. The topological polar surface area (TPSA) is 29.3 Å². The summed E-state index contributed by atoms with van der Waals surface area (Å²) >= 11 is 0. The molecule has 0 amide bonds. The molecule has 0 spiro atoms. The molecule has 1 aromatic carbocycles. The van der Waals surface area contributed by atoms with E-state index in [0.29, 0.717) is 17.9 Å². The highest BCUT2D eigenvalue weighted by Crippen LogP contribution is 2.22. The highest BCUT2D eigenvalue weighted by Gasteiger charge is 2.22. The fourth-order valence-electron chi connectivity index (χ4n) is 3.13. The average molecular weight is 290 g/mol. The maximum Gasteiger partial charge on any atom is 0.0333 e. The Morgan fingerprint density at radius 1 is 0.952 bits per heavy atom. The van der Waals surface area contributed by atoms with Gasteiger partial charge in [0, 0.05) is 25.2 Å². The van der Waals surface area contributed by atoms with Crippen LogP contribution < -0.4 is 5.73 Å². The Morgan fingerprint density at radius 3 is 2.00 bits per heavy atom. The van der Waals surface area contributed by atoms with E-state index in [0.717, 1.165) is 13.1 Å². The van der Waals surface area contributed by atoms with Crippen LogP contribution in [0.2, 0.25) is 0 Å². The number of hydrogen-bond acceptors (Lipinski definition) is 2. The minimum absolute atomic E-state index is 0.121. The van der Waals surface area contributed by atoms with Crippen molar-refractivity contribution in [1.82, 2.24) is 4.90 Å². The van der Waals surface area contributed by atoms with Crippen molar-refractivity contribution in [2.45, 2.75) is 59.5 Å². The molecule has 2 atom stereocenters. The van der Waals surface area contributed by atoms with Gasteiger partial charge in [-0.15, -0.1) is 0 Å². The first-order valence-corrected chi connectivity index (χ1v) is 8.54. The molecule has 0 aliphatic rings. The summed E-state index contributed by atoms with van der Waals surface area (Å²) < 4.78 is 0. The summed E-state index contributed by atoms with van der Waals surface area (Å²) in [4.78, 5) is 2.65. The molecule has 2 heteroatoms. The fourth-order valence-corrected chi connectivity index (χ4v) is 3.13. The molecule has 0 bridgehead atoms. The smallest absolute Gasteiger partial charge is 0.0333 e. The SMILES string of the molecule is CCC(CC)N(CC(C)C)CC(C)C(N)c1ccccc1. The minimum Gasteiger partial charge on any atom is -0.324 e. The van der Waals surface area contributed by atoms with Gasteiger partial charge in [0.15, 0.2) is 0 Å². The predicted octanol–water partition coefficient (Wildman–Crippen LogP) is 4.47. The van der Waals surface area contributed by atoms with E-state index in [1.54, 1.807) is 0 Å². The summed E-state index contributed by atoms with van der Waals surface area (Å²) in [7, 11) is 0. The summed E-state index contributed by atoms with van der Waals surface area (Å²) in [5.41, 5.74) is 7.72. The molecule has 2 N–H and O–H groups in total. The minimum atomic E-state index is 0.121. The number of rotatable bonds is 9. The highest BCUT2D eigenvalue weighted by atomic mass is 15.2. The Morgan fingerprint density at radius 2 is 1.52 bits per heavy atom.